The number of nitrogens with zero attached hydrogens (tertiary/aromatic N) is 3. The third-order valence-corrected chi connectivity index (χ3v) is 4.22. The van der Waals surface area contributed by atoms with Crippen molar-refractivity contribution in [1.82, 2.24) is 14.7 Å². The Kier molecular flexibility index (Phi) is 3.78. The largest absolute Gasteiger partial charge is 0.392 e. The summed E-state index contributed by atoms with van der Waals surface area (Å²) in [6.07, 6.45) is 0.615. The van der Waals surface area contributed by atoms with Gasteiger partial charge in [0, 0.05) is 37.8 Å². The van der Waals surface area contributed by atoms with Crippen molar-refractivity contribution in [3.63, 3.8) is 0 Å². The van der Waals surface area contributed by atoms with Crippen molar-refractivity contribution in [2.75, 3.05) is 13.1 Å². The van der Waals surface area contributed by atoms with Crippen LogP contribution < -0.4 is 0 Å². The van der Waals surface area contributed by atoms with Gasteiger partial charge in [-0.1, -0.05) is 41.9 Å². The summed E-state index contributed by atoms with van der Waals surface area (Å²) in [6, 6.07) is 10.1. The number of halogens is 1. The lowest BCUT2D eigenvalue weighted by Gasteiger charge is -2.15. The molecule has 1 N–H and O–H groups in total. The van der Waals surface area contributed by atoms with E-state index in [1.54, 1.807) is 4.68 Å². The second kappa shape index (κ2) is 5.56. The zero-order valence-electron chi connectivity index (χ0n) is 11.5. The minimum atomic E-state index is -0.217. The minimum Gasteiger partial charge on any atom is -0.392 e. The molecule has 2 heterocycles. The van der Waals surface area contributed by atoms with Crippen molar-refractivity contribution in [2.24, 2.45) is 7.05 Å². The first-order valence-electron chi connectivity index (χ1n) is 6.82. The molecule has 0 radical (unpaired) electrons. The molecule has 1 saturated heterocycles. The van der Waals surface area contributed by atoms with Crippen molar-refractivity contribution in [1.29, 1.82) is 0 Å². The number of aromatic nitrogens is 2. The van der Waals surface area contributed by atoms with E-state index in [2.05, 4.69) is 10.00 Å². The van der Waals surface area contributed by atoms with Crippen LogP contribution in [0.1, 0.15) is 12.0 Å². The molecule has 106 valence electrons. The van der Waals surface area contributed by atoms with Gasteiger partial charge in [-0.2, -0.15) is 5.10 Å². The molecule has 0 amide bonds. The Morgan fingerprint density at radius 1 is 1.35 bits per heavy atom. The molecule has 1 aliphatic heterocycles. The van der Waals surface area contributed by atoms with Gasteiger partial charge in [-0.05, 0) is 6.42 Å². The Morgan fingerprint density at radius 2 is 2.10 bits per heavy atom. The molecule has 0 saturated carbocycles. The molecular formula is C15H18ClN3O. The number of β-amino-alcohol motifs (C(OH)–C–C–N with tert-alkyl or cyclic N) is 1. The van der Waals surface area contributed by atoms with E-state index in [1.165, 1.54) is 0 Å². The number of aryl methyl sites for hydroxylation is 1. The highest BCUT2D eigenvalue weighted by molar-refractivity contribution is 6.30. The number of rotatable bonds is 3. The van der Waals surface area contributed by atoms with E-state index in [4.69, 9.17) is 11.6 Å². The van der Waals surface area contributed by atoms with Crippen molar-refractivity contribution in [2.45, 2.75) is 19.1 Å². The van der Waals surface area contributed by atoms with E-state index >= 15 is 0 Å². The number of aliphatic hydroxyl groups is 1. The highest BCUT2D eigenvalue weighted by Crippen LogP contribution is 2.30. The standard InChI is InChI=1S/C15H18ClN3O/c1-18-15(16)13(10-19-8-7-12(20)9-19)14(17-18)11-5-3-2-4-6-11/h2-6,12,20H,7-10H2,1H3/t12-/m1/s1. The van der Waals surface area contributed by atoms with Crippen LogP contribution in [0.2, 0.25) is 5.15 Å². The van der Waals surface area contributed by atoms with Crippen LogP contribution in [0.15, 0.2) is 30.3 Å². The van der Waals surface area contributed by atoms with Gasteiger partial charge < -0.3 is 5.11 Å². The molecule has 1 aliphatic rings. The molecule has 1 aromatic carbocycles. The predicted octanol–water partition coefficient (Wildman–Crippen LogP) is 2.31. The lowest BCUT2D eigenvalue weighted by molar-refractivity contribution is 0.175. The lowest BCUT2D eigenvalue weighted by atomic mass is 10.1. The molecule has 2 aromatic rings. The van der Waals surface area contributed by atoms with Gasteiger partial charge >= 0.3 is 0 Å². The second-order valence-corrected chi connectivity index (χ2v) is 5.64. The molecule has 3 rings (SSSR count). The molecule has 1 atom stereocenters. The fourth-order valence-corrected chi connectivity index (χ4v) is 2.88. The molecule has 1 aromatic heterocycles. The smallest absolute Gasteiger partial charge is 0.131 e. The Balaban J connectivity index is 1.93. The van der Waals surface area contributed by atoms with Crippen LogP contribution in [-0.4, -0.2) is 39.0 Å². The van der Waals surface area contributed by atoms with Gasteiger partial charge in [0.25, 0.3) is 0 Å². The van der Waals surface area contributed by atoms with Gasteiger partial charge in [0.1, 0.15) is 5.15 Å². The van der Waals surface area contributed by atoms with E-state index in [0.29, 0.717) is 11.7 Å². The van der Waals surface area contributed by atoms with Crippen molar-refractivity contribution in [3.8, 4) is 11.3 Å². The lowest BCUT2D eigenvalue weighted by Crippen LogP contribution is -2.21. The van der Waals surface area contributed by atoms with Gasteiger partial charge in [-0.25, -0.2) is 0 Å². The van der Waals surface area contributed by atoms with Crippen LogP contribution in [0.25, 0.3) is 11.3 Å². The first-order chi connectivity index (χ1) is 9.65. The molecule has 0 aliphatic carbocycles. The Morgan fingerprint density at radius 3 is 2.75 bits per heavy atom. The SMILES string of the molecule is Cn1nc(-c2ccccc2)c(CN2CC[C@@H](O)C2)c1Cl. The van der Waals surface area contributed by atoms with Crippen molar-refractivity contribution >= 4 is 11.6 Å². The fraction of sp³-hybridized carbons (Fsp3) is 0.400. The van der Waals surface area contributed by atoms with Gasteiger partial charge in [0.15, 0.2) is 0 Å². The highest BCUT2D eigenvalue weighted by atomic mass is 35.5. The summed E-state index contributed by atoms with van der Waals surface area (Å²) in [7, 11) is 1.86. The fourth-order valence-electron chi connectivity index (χ4n) is 2.69. The summed E-state index contributed by atoms with van der Waals surface area (Å²) in [5, 5.41) is 14.9. The summed E-state index contributed by atoms with van der Waals surface area (Å²) in [4.78, 5) is 2.22. The summed E-state index contributed by atoms with van der Waals surface area (Å²) in [5.41, 5.74) is 3.04. The summed E-state index contributed by atoms with van der Waals surface area (Å²) >= 11 is 6.39. The van der Waals surface area contributed by atoms with E-state index < -0.39 is 0 Å². The molecule has 1 fully saturated rings. The Bertz CT molecular complexity index is 597. The average Bonchev–Trinajstić information content (AvgIpc) is 2.98. The Labute approximate surface area is 123 Å². The normalized spacial score (nSPS) is 19.6. The number of likely N-dealkylation sites (tertiary alicyclic amines) is 1. The number of benzene rings is 1. The monoisotopic (exact) mass is 291 g/mol. The van der Waals surface area contributed by atoms with Crippen LogP contribution in [0.4, 0.5) is 0 Å². The molecule has 20 heavy (non-hydrogen) atoms. The third-order valence-electron chi connectivity index (χ3n) is 3.75. The van der Waals surface area contributed by atoms with Gasteiger partial charge in [0.2, 0.25) is 0 Å². The first-order valence-corrected chi connectivity index (χ1v) is 7.20. The van der Waals surface area contributed by atoms with Crippen molar-refractivity contribution in [3.05, 3.63) is 41.0 Å². The van der Waals surface area contributed by atoms with Gasteiger partial charge in [-0.3, -0.25) is 9.58 Å². The minimum absolute atomic E-state index is 0.217. The predicted molar refractivity (Wildman–Crippen MR) is 79.6 cm³/mol. The molecule has 0 unspecified atom stereocenters. The van der Waals surface area contributed by atoms with Crippen molar-refractivity contribution < 1.29 is 5.11 Å². The van der Waals surface area contributed by atoms with E-state index in [-0.39, 0.29) is 6.10 Å². The number of aliphatic hydroxyl groups excluding tert-OH is 1. The summed E-state index contributed by atoms with van der Waals surface area (Å²) < 4.78 is 1.71. The van der Waals surface area contributed by atoms with Crippen LogP contribution in [0.5, 0.6) is 0 Å². The molecule has 5 heteroatoms. The zero-order chi connectivity index (χ0) is 14.1. The molecule has 4 nitrogen and oxygen atoms in total. The Hall–Kier alpha value is -1.36. The highest BCUT2D eigenvalue weighted by Gasteiger charge is 2.24. The van der Waals surface area contributed by atoms with Crippen LogP contribution >= 0.6 is 11.6 Å². The second-order valence-electron chi connectivity index (χ2n) is 5.29. The summed E-state index contributed by atoms with van der Waals surface area (Å²) in [5.74, 6) is 0. The molecule has 0 bridgehead atoms. The van der Waals surface area contributed by atoms with Crippen LogP contribution in [-0.2, 0) is 13.6 Å². The third kappa shape index (κ3) is 2.59. The van der Waals surface area contributed by atoms with Gasteiger partial charge in [-0.15, -0.1) is 0 Å². The zero-order valence-corrected chi connectivity index (χ0v) is 12.2. The van der Waals surface area contributed by atoms with Crippen LogP contribution in [0, 0.1) is 0 Å². The maximum absolute atomic E-state index is 9.64. The first kappa shape index (κ1) is 13.6. The van der Waals surface area contributed by atoms with E-state index in [1.807, 2.05) is 37.4 Å². The van der Waals surface area contributed by atoms with Crippen LogP contribution in [0.3, 0.4) is 0 Å². The number of hydrogen-bond donors (Lipinski definition) is 1. The maximum atomic E-state index is 9.64. The number of hydrogen-bond acceptors (Lipinski definition) is 3. The van der Waals surface area contributed by atoms with E-state index in [0.717, 1.165) is 36.3 Å². The quantitative estimate of drug-likeness (QED) is 0.943. The van der Waals surface area contributed by atoms with E-state index in [9.17, 15) is 5.11 Å². The molecular weight excluding hydrogens is 274 g/mol. The average molecular weight is 292 g/mol. The topological polar surface area (TPSA) is 41.3 Å². The summed E-state index contributed by atoms with van der Waals surface area (Å²) in [6.45, 7) is 2.34. The van der Waals surface area contributed by atoms with Gasteiger partial charge in [0.05, 0.1) is 11.8 Å². The maximum Gasteiger partial charge on any atom is 0.131 e. The molecule has 0 spiro atoms.